The second kappa shape index (κ2) is 6.49. The number of carboxylic acids is 1. The number of rotatable bonds is 5. The molecule has 0 bridgehead atoms. The van der Waals surface area contributed by atoms with Gasteiger partial charge in [-0.2, -0.15) is 0 Å². The summed E-state index contributed by atoms with van der Waals surface area (Å²) in [6, 6.07) is 6.28. The number of ether oxygens (including phenoxy) is 1. The fourth-order valence-electron chi connectivity index (χ4n) is 2.69. The van der Waals surface area contributed by atoms with Gasteiger partial charge in [-0.1, -0.05) is 23.8 Å². The fraction of sp³-hybridized carbons (Fsp3) is 0.222. The highest BCUT2D eigenvalue weighted by Crippen LogP contribution is 2.27. The number of aryl methyl sites for hydroxylation is 2. The first-order chi connectivity index (χ1) is 11.5. The van der Waals surface area contributed by atoms with Gasteiger partial charge in [-0.3, -0.25) is 4.40 Å². The summed E-state index contributed by atoms with van der Waals surface area (Å²) >= 11 is 1.50. The minimum absolute atomic E-state index is 0.207. The summed E-state index contributed by atoms with van der Waals surface area (Å²) in [5, 5.41) is 11.2. The third kappa shape index (κ3) is 3.05. The van der Waals surface area contributed by atoms with Crippen molar-refractivity contribution in [3.8, 4) is 11.3 Å². The van der Waals surface area contributed by atoms with Crippen LogP contribution in [0.3, 0.4) is 0 Å². The molecular weight excluding hydrogens is 324 g/mol. The number of hydrogen-bond acceptors (Lipinski definition) is 4. The third-order valence-corrected chi connectivity index (χ3v) is 4.74. The van der Waals surface area contributed by atoms with Crippen LogP contribution in [0, 0.1) is 13.8 Å². The Morgan fingerprint density at radius 2 is 2.21 bits per heavy atom. The van der Waals surface area contributed by atoms with Crippen molar-refractivity contribution in [3.05, 3.63) is 58.4 Å². The van der Waals surface area contributed by atoms with Crippen molar-refractivity contribution in [2.45, 2.75) is 20.3 Å². The summed E-state index contributed by atoms with van der Waals surface area (Å²) in [7, 11) is 1.45. The van der Waals surface area contributed by atoms with E-state index in [2.05, 4.69) is 37.0 Å². The molecule has 5 nitrogen and oxygen atoms in total. The molecule has 2 aromatic heterocycles. The van der Waals surface area contributed by atoms with Gasteiger partial charge in [0.05, 0.1) is 24.6 Å². The number of fused-ring (bicyclic) bond motifs is 1. The van der Waals surface area contributed by atoms with Crippen LogP contribution in [-0.4, -0.2) is 27.6 Å². The summed E-state index contributed by atoms with van der Waals surface area (Å²) in [6.07, 6.45) is 3.52. The van der Waals surface area contributed by atoms with E-state index in [4.69, 9.17) is 4.74 Å². The molecule has 24 heavy (non-hydrogen) atoms. The zero-order valence-corrected chi connectivity index (χ0v) is 14.6. The Labute approximate surface area is 143 Å². The van der Waals surface area contributed by atoms with E-state index in [1.165, 1.54) is 35.8 Å². The SMILES string of the molecule is COC=C(Cc1csc2nc(-c3ccc(C)cc3C)cn12)C(=O)O. The molecule has 0 atom stereocenters. The summed E-state index contributed by atoms with van der Waals surface area (Å²) in [5.74, 6) is -0.981. The average molecular weight is 342 g/mol. The highest BCUT2D eigenvalue weighted by molar-refractivity contribution is 7.15. The number of thiazole rings is 1. The van der Waals surface area contributed by atoms with Crippen molar-refractivity contribution >= 4 is 22.3 Å². The van der Waals surface area contributed by atoms with E-state index in [1.54, 1.807) is 0 Å². The van der Waals surface area contributed by atoms with Gasteiger partial charge in [0.25, 0.3) is 0 Å². The molecule has 1 N–H and O–H groups in total. The topological polar surface area (TPSA) is 63.8 Å². The molecule has 0 aliphatic carbocycles. The number of carbonyl (C=O) groups is 1. The second-order valence-corrected chi connectivity index (χ2v) is 6.52. The van der Waals surface area contributed by atoms with Crippen molar-refractivity contribution in [3.63, 3.8) is 0 Å². The summed E-state index contributed by atoms with van der Waals surface area (Å²) in [6.45, 7) is 4.14. The zero-order valence-electron chi connectivity index (χ0n) is 13.7. The van der Waals surface area contributed by atoms with Crippen LogP contribution < -0.4 is 0 Å². The molecule has 3 rings (SSSR count). The average Bonchev–Trinajstić information content (AvgIpc) is 3.08. The quantitative estimate of drug-likeness (QED) is 0.565. The second-order valence-electron chi connectivity index (χ2n) is 5.68. The lowest BCUT2D eigenvalue weighted by Gasteiger charge is -2.03. The largest absolute Gasteiger partial charge is 0.504 e. The number of aromatic nitrogens is 2. The molecule has 1 aromatic carbocycles. The van der Waals surface area contributed by atoms with Gasteiger partial charge in [-0.05, 0) is 19.4 Å². The molecule has 0 amide bonds. The maximum Gasteiger partial charge on any atom is 0.335 e. The molecule has 0 aliphatic rings. The van der Waals surface area contributed by atoms with E-state index in [1.807, 2.05) is 16.0 Å². The maximum atomic E-state index is 11.3. The van der Waals surface area contributed by atoms with Crippen molar-refractivity contribution in [1.82, 2.24) is 9.38 Å². The lowest BCUT2D eigenvalue weighted by Crippen LogP contribution is -2.05. The Kier molecular flexibility index (Phi) is 4.40. The highest BCUT2D eigenvalue weighted by Gasteiger charge is 2.15. The Hall–Kier alpha value is -2.60. The van der Waals surface area contributed by atoms with Gasteiger partial charge >= 0.3 is 5.97 Å². The predicted molar refractivity (Wildman–Crippen MR) is 94.4 cm³/mol. The van der Waals surface area contributed by atoms with Crippen LogP contribution in [0.15, 0.2) is 41.6 Å². The molecule has 0 saturated heterocycles. The van der Waals surface area contributed by atoms with Crippen molar-refractivity contribution in [1.29, 1.82) is 0 Å². The number of carboxylic acid groups (broad SMARTS) is 1. The van der Waals surface area contributed by atoms with Gasteiger partial charge in [0.1, 0.15) is 0 Å². The van der Waals surface area contributed by atoms with Gasteiger partial charge in [-0.15, -0.1) is 11.3 Å². The standard InChI is InChI=1S/C18H18N2O3S/c1-11-4-5-15(12(2)6-11)16-8-20-14(10-24-18(20)19-16)7-13(9-23-3)17(21)22/h4-6,8-10H,7H2,1-3H3,(H,21,22). The van der Waals surface area contributed by atoms with Crippen LogP contribution in [0.4, 0.5) is 0 Å². The summed E-state index contributed by atoms with van der Waals surface area (Å²) in [5.41, 5.74) is 5.46. The molecule has 6 heteroatoms. The lowest BCUT2D eigenvalue weighted by atomic mass is 10.0. The normalized spacial score (nSPS) is 11.9. The minimum Gasteiger partial charge on any atom is -0.504 e. The van der Waals surface area contributed by atoms with E-state index in [-0.39, 0.29) is 12.0 Å². The number of imidazole rings is 1. The molecule has 0 fully saturated rings. The van der Waals surface area contributed by atoms with Crippen LogP contribution >= 0.6 is 11.3 Å². The Bertz CT molecular complexity index is 937. The Morgan fingerprint density at radius 3 is 2.88 bits per heavy atom. The van der Waals surface area contributed by atoms with Gasteiger partial charge < -0.3 is 9.84 Å². The van der Waals surface area contributed by atoms with Crippen LogP contribution in [0.25, 0.3) is 16.2 Å². The van der Waals surface area contributed by atoms with E-state index >= 15 is 0 Å². The molecule has 0 radical (unpaired) electrons. The Balaban J connectivity index is 2.00. The number of nitrogens with zero attached hydrogens (tertiary/aromatic N) is 2. The van der Waals surface area contributed by atoms with Crippen LogP contribution in [0.5, 0.6) is 0 Å². The number of aliphatic carboxylic acids is 1. The Morgan fingerprint density at radius 1 is 1.42 bits per heavy atom. The molecule has 0 spiro atoms. The number of hydrogen-bond donors (Lipinski definition) is 1. The van der Waals surface area contributed by atoms with E-state index < -0.39 is 5.97 Å². The number of benzene rings is 1. The third-order valence-electron chi connectivity index (χ3n) is 3.85. The number of methoxy groups -OCH3 is 1. The van der Waals surface area contributed by atoms with Gasteiger partial charge in [0.15, 0.2) is 4.96 Å². The molecular formula is C18H18N2O3S. The minimum atomic E-state index is -0.981. The monoisotopic (exact) mass is 342 g/mol. The van der Waals surface area contributed by atoms with Crippen molar-refractivity contribution < 1.29 is 14.6 Å². The van der Waals surface area contributed by atoms with Gasteiger partial charge in [0, 0.05) is 29.3 Å². The zero-order chi connectivity index (χ0) is 17.3. The molecule has 0 aliphatic heterocycles. The lowest BCUT2D eigenvalue weighted by molar-refractivity contribution is -0.132. The maximum absolute atomic E-state index is 11.3. The van der Waals surface area contributed by atoms with Crippen molar-refractivity contribution in [2.75, 3.05) is 7.11 Å². The molecule has 124 valence electrons. The summed E-state index contributed by atoms with van der Waals surface area (Å²) in [4.78, 5) is 16.8. The first kappa shape index (κ1) is 16.3. The van der Waals surface area contributed by atoms with E-state index in [9.17, 15) is 9.90 Å². The van der Waals surface area contributed by atoms with Crippen LogP contribution in [0.2, 0.25) is 0 Å². The molecule has 0 unspecified atom stereocenters. The molecule has 0 saturated carbocycles. The van der Waals surface area contributed by atoms with Gasteiger partial charge in [-0.25, -0.2) is 9.78 Å². The summed E-state index contributed by atoms with van der Waals surface area (Å²) < 4.78 is 6.81. The highest BCUT2D eigenvalue weighted by atomic mass is 32.1. The van der Waals surface area contributed by atoms with Crippen molar-refractivity contribution in [2.24, 2.45) is 0 Å². The van der Waals surface area contributed by atoms with E-state index in [0.29, 0.717) is 0 Å². The van der Waals surface area contributed by atoms with Gasteiger partial charge in [0.2, 0.25) is 0 Å². The molecule has 2 heterocycles. The van der Waals surface area contributed by atoms with Crippen LogP contribution in [-0.2, 0) is 16.0 Å². The smallest absolute Gasteiger partial charge is 0.335 e. The van der Waals surface area contributed by atoms with E-state index in [0.717, 1.165) is 21.9 Å². The van der Waals surface area contributed by atoms with Crippen LogP contribution in [0.1, 0.15) is 16.8 Å². The first-order valence-corrected chi connectivity index (χ1v) is 8.35. The fourth-order valence-corrected chi connectivity index (χ4v) is 3.57. The molecule has 3 aromatic rings. The predicted octanol–water partition coefficient (Wildman–Crippen LogP) is 3.84. The first-order valence-electron chi connectivity index (χ1n) is 7.48.